The monoisotopic (exact) mass is 401 g/mol. The maximum atomic E-state index is 12.6. The minimum Gasteiger partial charge on any atom is -0.478 e. The molecule has 1 spiro atoms. The van der Waals surface area contributed by atoms with Crippen molar-refractivity contribution in [3.8, 4) is 0 Å². The third kappa shape index (κ3) is 3.63. The van der Waals surface area contributed by atoms with Crippen molar-refractivity contribution in [1.29, 1.82) is 0 Å². The van der Waals surface area contributed by atoms with Gasteiger partial charge in [0, 0.05) is 19.6 Å². The number of carbonyl (C=O) groups is 2. The largest absolute Gasteiger partial charge is 0.478 e. The van der Waals surface area contributed by atoms with Gasteiger partial charge in [-0.15, -0.1) is 0 Å². The molecule has 0 bridgehead atoms. The van der Waals surface area contributed by atoms with E-state index < -0.39 is 11.6 Å². The molecule has 1 saturated heterocycles. The van der Waals surface area contributed by atoms with Crippen molar-refractivity contribution in [2.45, 2.75) is 57.6 Å². The van der Waals surface area contributed by atoms with E-state index in [0.717, 1.165) is 25.7 Å². The summed E-state index contributed by atoms with van der Waals surface area (Å²) in [6.45, 7) is 7.21. The lowest BCUT2D eigenvalue weighted by Crippen LogP contribution is -2.63. The second-order valence-corrected chi connectivity index (χ2v) is 8.94. The van der Waals surface area contributed by atoms with Crippen LogP contribution in [0, 0.1) is 0 Å². The van der Waals surface area contributed by atoms with Gasteiger partial charge in [-0.3, -0.25) is 0 Å². The van der Waals surface area contributed by atoms with Gasteiger partial charge >= 0.3 is 12.1 Å². The normalized spacial score (nSPS) is 19.1. The van der Waals surface area contributed by atoms with E-state index in [1.807, 2.05) is 20.8 Å². The maximum absolute atomic E-state index is 12.6. The molecule has 8 nitrogen and oxygen atoms in total. The first-order valence-electron chi connectivity index (χ1n) is 10.1. The predicted octanol–water partition coefficient (Wildman–Crippen LogP) is 3.90. The average molecular weight is 401 g/mol. The standard InChI is InChI=1S/C21H27N3O5/c1-20(2,3)29-19(27)23-11-12-24(21(13-23)9-4-5-10-21)18-22-16-14(17(25)26)7-6-8-15(16)28-18/h6-8H,4-5,9-13H2,1-3H3,(H,25,26). The van der Waals surface area contributed by atoms with E-state index in [9.17, 15) is 14.7 Å². The molecular weight excluding hydrogens is 374 g/mol. The Labute approximate surface area is 169 Å². The van der Waals surface area contributed by atoms with Crippen LogP contribution in [0.3, 0.4) is 0 Å². The van der Waals surface area contributed by atoms with Crippen LogP contribution in [0.25, 0.3) is 11.1 Å². The Balaban J connectivity index is 1.65. The number of hydrogen-bond donors (Lipinski definition) is 1. The molecule has 2 heterocycles. The summed E-state index contributed by atoms with van der Waals surface area (Å²) in [7, 11) is 0. The van der Waals surface area contributed by atoms with Gasteiger partial charge in [0.05, 0.1) is 11.1 Å². The van der Waals surface area contributed by atoms with Crippen molar-refractivity contribution in [1.82, 2.24) is 9.88 Å². The quantitative estimate of drug-likeness (QED) is 0.815. The summed E-state index contributed by atoms with van der Waals surface area (Å²) in [5, 5.41) is 9.44. The van der Waals surface area contributed by atoms with E-state index in [1.165, 1.54) is 6.07 Å². The Hall–Kier alpha value is -2.77. The highest BCUT2D eigenvalue weighted by molar-refractivity contribution is 6.00. The number of carbonyl (C=O) groups excluding carboxylic acids is 1. The Kier molecular flexibility index (Phi) is 4.67. The summed E-state index contributed by atoms with van der Waals surface area (Å²) >= 11 is 0. The number of amides is 1. The molecule has 1 N–H and O–H groups in total. The van der Waals surface area contributed by atoms with E-state index in [0.29, 0.717) is 36.7 Å². The fourth-order valence-corrected chi connectivity index (χ4v) is 4.44. The lowest BCUT2D eigenvalue weighted by molar-refractivity contribution is 0.0159. The molecule has 2 aliphatic rings. The number of aromatic nitrogens is 1. The highest BCUT2D eigenvalue weighted by Crippen LogP contribution is 2.41. The number of hydrogen-bond acceptors (Lipinski definition) is 6. The van der Waals surface area contributed by atoms with Crippen molar-refractivity contribution < 1.29 is 23.8 Å². The van der Waals surface area contributed by atoms with Crippen LogP contribution in [0.15, 0.2) is 22.6 Å². The number of rotatable bonds is 2. The molecule has 0 radical (unpaired) electrons. The van der Waals surface area contributed by atoms with E-state index in [4.69, 9.17) is 9.15 Å². The number of piperazine rings is 1. The van der Waals surface area contributed by atoms with E-state index >= 15 is 0 Å². The molecule has 1 amide bonds. The molecule has 2 fully saturated rings. The van der Waals surface area contributed by atoms with Gasteiger partial charge in [0.15, 0.2) is 5.58 Å². The minimum atomic E-state index is -1.03. The Bertz CT molecular complexity index is 939. The van der Waals surface area contributed by atoms with Crippen molar-refractivity contribution in [3.05, 3.63) is 23.8 Å². The summed E-state index contributed by atoms with van der Waals surface area (Å²) in [5.41, 5.74) is 0.148. The molecule has 0 atom stereocenters. The molecule has 1 saturated carbocycles. The molecule has 4 rings (SSSR count). The number of aromatic carboxylic acids is 1. The number of oxazole rings is 1. The number of fused-ring (bicyclic) bond motifs is 1. The fourth-order valence-electron chi connectivity index (χ4n) is 4.44. The lowest BCUT2D eigenvalue weighted by atomic mass is 9.92. The summed E-state index contributed by atoms with van der Waals surface area (Å²) in [4.78, 5) is 32.6. The van der Waals surface area contributed by atoms with Gasteiger partial charge in [-0.2, -0.15) is 4.98 Å². The molecule has 8 heteroatoms. The highest BCUT2D eigenvalue weighted by atomic mass is 16.6. The minimum absolute atomic E-state index is 0.130. The van der Waals surface area contributed by atoms with Crippen LogP contribution in [-0.2, 0) is 4.74 Å². The van der Waals surface area contributed by atoms with Crippen LogP contribution in [-0.4, -0.2) is 57.8 Å². The maximum Gasteiger partial charge on any atom is 0.410 e. The van der Waals surface area contributed by atoms with Crippen LogP contribution < -0.4 is 4.90 Å². The third-order valence-corrected chi connectivity index (χ3v) is 5.71. The van der Waals surface area contributed by atoms with Crippen LogP contribution in [0.5, 0.6) is 0 Å². The van der Waals surface area contributed by atoms with Crippen molar-refractivity contribution in [3.63, 3.8) is 0 Å². The number of ether oxygens (including phenoxy) is 1. The molecule has 29 heavy (non-hydrogen) atoms. The molecule has 1 aromatic carbocycles. The topological polar surface area (TPSA) is 96.1 Å². The van der Waals surface area contributed by atoms with Gasteiger partial charge < -0.3 is 24.1 Å². The first kappa shape index (κ1) is 19.5. The Morgan fingerprint density at radius 3 is 2.59 bits per heavy atom. The summed E-state index contributed by atoms with van der Waals surface area (Å²) < 4.78 is 11.6. The number of para-hydroxylation sites is 1. The summed E-state index contributed by atoms with van der Waals surface area (Å²) in [6.07, 6.45) is 3.70. The smallest absolute Gasteiger partial charge is 0.410 e. The number of anilines is 1. The van der Waals surface area contributed by atoms with Gasteiger partial charge in [0.1, 0.15) is 11.1 Å². The van der Waals surface area contributed by atoms with Crippen molar-refractivity contribution >= 4 is 29.2 Å². The molecule has 1 aliphatic heterocycles. The van der Waals surface area contributed by atoms with Crippen LogP contribution in [0.1, 0.15) is 56.8 Å². The third-order valence-electron chi connectivity index (χ3n) is 5.71. The van der Waals surface area contributed by atoms with Gasteiger partial charge in [-0.05, 0) is 45.7 Å². The molecule has 0 unspecified atom stereocenters. The van der Waals surface area contributed by atoms with E-state index in [1.54, 1.807) is 17.0 Å². The van der Waals surface area contributed by atoms with Crippen LogP contribution >= 0.6 is 0 Å². The lowest BCUT2D eigenvalue weighted by Gasteiger charge is -2.48. The van der Waals surface area contributed by atoms with Gasteiger partial charge in [-0.1, -0.05) is 18.9 Å². The van der Waals surface area contributed by atoms with Gasteiger partial charge in [-0.25, -0.2) is 9.59 Å². The van der Waals surface area contributed by atoms with E-state index in [2.05, 4.69) is 9.88 Å². The summed E-state index contributed by atoms with van der Waals surface area (Å²) in [5.74, 6) is -1.03. The molecule has 1 aliphatic carbocycles. The van der Waals surface area contributed by atoms with Crippen molar-refractivity contribution in [2.75, 3.05) is 24.5 Å². The Morgan fingerprint density at radius 1 is 1.21 bits per heavy atom. The molecule has 156 valence electrons. The second kappa shape index (κ2) is 6.93. The zero-order valence-corrected chi connectivity index (χ0v) is 17.1. The first-order chi connectivity index (χ1) is 13.7. The van der Waals surface area contributed by atoms with Gasteiger partial charge in [0.2, 0.25) is 0 Å². The number of carboxylic acid groups (broad SMARTS) is 1. The molecule has 1 aromatic heterocycles. The number of carboxylic acids is 1. The predicted molar refractivity (Wildman–Crippen MR) is 107 cm³/mol. The van der Waals surface area contributed by atoms with Gasteiger partial charge in [0.25, 0.3) is 6.01 Å². The average Bonchev–Trinajstić information content (AvgIpc) is 3.27. The van der Waals surface area contributed by atoms with Crippen LogP contribution in [0.2, 0.25) is 0 Å². The molecular formula is C21H27N3O5. The zero-order valence-electron chi connectivity index (χ0n) is 17.1. The SMILES string of the molecule is CC(C)(C)OC(=O)N1CCN(c2nc3c(C(=O)O)cccc3o2)C2(CCCC2)C1. The second-order valence-electron chi connectivity index (χ2n) is 8.94. The number of benzene rings is 1. The molecule has 2 aromatic rings. The first-order valence-corrected chi connectivity index (χ1v) is 10.1. The highest BCUT2D eigenvalue weighted by Gasteiger charge is 2.47. The fraction of sp³-hybridized carbons (Fsp3) is 0.571. The van der Waals surface area contributed by atoms with Crippen LogP contribution in [0.4, 0.5) is 10.8 Å². The number of nitrogens with zero attached hydrogens (tertiary/aromatic N) is 3. The Morgan fingerprint density at radius 2 is 1.93 bits per heavy atom. The van der Waals surface area contributed by atoms with E-state index in [-0.39, 0.29) is 17.2 Å². The zero-order chi connectivity index (χ0) is 20.8. The van der Waals surface area contributed by atoms with Crippen molar-refractivity contribution in [2.24, 2.45) is 0 Å². The summed E-state index contributed by atoms with van der Waals surface area (Å²) in [6, 6.07) is 5.35.